The number of nitrogens with one attached hydrogen (secondary N) is 1. The van der Waals surface area contributed by atoms with Crippen molar-refractivity contribution in [2.45, 2.75) is 31.7 Å². The van der Waals surface area contributed by atoms with Crippen LogP contribution in [0.15, 0.2) is 22.7 Å². The van der Waals surface area contributed by atoms with Gasteiger partial charge in [0.2, 0.25) is 5.82 Å². The van der Waals surface area contributed by atoms with Gasteiger partial charge in [-0.25, -0.2) is 13.5 Å². The van der Waals surface area contributed by atoms with E-state index in [9.17, 15) is 8.78 Å². The number of halogens is 2. The molecule has 0 radical (unpaired) electrons. The molecule has 0 saturated carbocycles. The number of hydrogen-bond acceptors (Lipinski definition) is 7. The topological polar surface area (TPSA) is 90.9 Å². The van der Waals surface area contributed by atoms with Gasteiger partial charge in [0.25, 0.3) is 12.3 Å². The molecule has 0 unspecified atom stereocenters. The highest BCUT2D eigenvalue weighted by Crippen LogP contribution is 2.34. The molecule has 0 spiro atoms. The van der Waals surface area contributed by atoms with E-state index in [1.54, 1.807) is 0 Å². The lowest BCUT2D eigenvalue weighted by atomic mass is 10.1. The van der Waals surface area contributed by atoms with Crippen molar-refractivity contribution in [3.8, 4) is 28.7 Å². The first kappa shape index (κ1) is 17.2. The highest BCUT2D eigenvalue weighted by molar-refractivity contribution is 5.61. The summed E-state index contributed by atoms with van der Waals surface area (Å²) in [4.78, 5) is 4.30. The summed E-state index contributed by atoms with van der Waals surface area (Å²) >= 11 is 0. The first-order valence-corrected chi connectivity index (χ1v) is 9.25. The molecular formula is C18H18F2N6O2. The quantitative estimate of drug-likeness (QED) is 0.735. The average molecular weight is 388 g/mol. The molecule has 0 atom stereocenters. The van der Waals surface area contributed by atoms with Crippen molar-refractivity contribution >= 4 is 0 Å². The zero-order chi connectivity index (χ0) is 19.1. The molecule has 4 heterocycles. The van der Waals surface area contributed by atoms with Crippen molar-refractivity contribution in [3.63, 3.8) is 0 Å². The van der Waals surface area contributed by atoms with E-state index >= 15 is 0 Å². The van der Waals surface area contributed by atoms with E-state index in [0.29, 0.717) is 12.4 Å². The van der Waals surface area contributed by atoms with Crippen molar-refractivity contribution in [1.29, 1.82) is 0 Å². The molecule has 1 N–H and O–H groups in total. The van der Waals surface area contributed by atoms with E-state index in [1.165, 1.54) is 4.68 Å². The fourth-order valence-corrected chi connectivity index (χ4v) is 3.74. The Labute approximate surface area is 158 Å². The second-order valence-electron chi connectivity index (χ2n) is 6.89. The summed E-state index contributed by atoms with van der Waals surface area (Å²) in [5.74, 6) is 1.11. The predicted octanol–water partition coefficient (Wildman–Crippen LogP) is 2.79. The monoisotopic (exact) mass is 388 g/mol. The Morgan fingerprint density at radius 1 is 1.21 bits per heavy atom. The van der Waals surface area contributed by atoms with Gasteiger partial charge in [0.1, 0.15) is 11.4 Å². The first-order valence-electron chi connectivity index (χ1n) is 9.25. The molecule has 2 aromatic heterocycles. The summed E-state index contributed by atoms with van der Waals surface area (Å²) in [6, 6.07) is 5.48. The van der Waals surface area contributed by atoms with Crippen molar-refractivity contribution < 1.29 is 18.0 Å². The minimum Gasteiger partial charge on any atom is -0.493 e. The number of aromatic nitrogens is 5. The summed E-state index contributed by atoms with van der Waals surface area (Å²) in [6.07, 6.45) is -0.496. The number of rotatable bonds is 4. The van der Waals surface area contributed by atoms with Crippen molar-refractivity contribution in [2.24, 2.45) is 0 Å². The van der Waals surface area contributed by atoms with Gasteiger partial charge in [-0.05, 0) is 49.7 Å². The van der Waals surface area contributed by atoms with E-state index in [0.717, 1.165) is 49.2 Å². The van der Waals surface area contributed by atoms with Gasteiger partial charge >= 0.3 is 0 Å². The summed E-state index contributed by atoms with van der Waals surface area (Å²) in [7, 11) is 0. The Morgan fingerprint density at radius 2 is 2.07 bits per heavy atom. The number of fused-ring (bicyclic) bond motifs is 1. The van der Waals surface area contributed by atoms with Crippen molar-refractivity contribution in [3.05, 3.63) is 29.5 Å². The van der Waals surface area contributed by atoms with Crippen molar-refractivity contribution in [2.75, 3.05) is 19.7 Å². The zero-order valence-corrected chi connectivity index (χ0v) is 14.9. The molecule has 2 aliphatic rings. The maximum absolute atomic E-state index is 13.8. The predicted molar refractivity (Wildman–Crippen MR) is 94.0 cm³/mol. The van der Waals surface area contributed by atoms with Gasteiger partial charge < -0.3 is 14.6 Å². The van der Waals surface area contributed by atoms with Crippen LogP contribution in [0.2, 0.25) is 0 Å². The minimum atomic E-state index is -2.74. The molecule has 1 saturated heterocycles. The molecule has 1 fully saturated rings. The fraction of sp³-hybridized carbons (Fsp3) is 0.444. The van der Waals surface area contributed by atoms with Crippen molar-refractivity contribution in [1.82, 2.24) is 30.5 Å². The van der Waals surface area contributed by atoms with E-state index in [2.05, 4.69) is 25.8 Å². The molecular weight excluding hydrogens is 370 g/mol. The van der Waals surface area contributed by atoms with Gasteiger partial charge in [-0.2, -0.15) is 4.98 Å². The molecule has 10 heteroatoms. The number of piperidine rings is 1. The largest absolute Gasteiger partial charge is 0.493 e. The highest BCUT2D eigenvalue weighted by Gasteiger charge is 2.30. The van der Waals surface area contributed by atoms with Crippen LogP contribution < -0.4 is 10.1 Å². The van der Waals surface area contributed by atoms with Crippen LogP contribution in [0, 0.1) is 0 Å². The Kier molecular flexibility index (Phi) is 4.27. The highest BCUT2D eigenvalue weighted by atomic mass is 19.3. The van der Waals surface area contributed by atoms with Gasteiger partial charge in [0.15, 0.2) is 5.69 Å². The number of alkyl halides is 2. The molecule has 28 heavy (non-hydrogen) atoms. The smallest absolute Gasteiger partial charge is 0.282 e. The van der Waals surface area contributed by atoms with Crippen LogP contribution in [-0.4, -0.2) is 44.8 Å². The van der Waals surface area contributed by atoms with E-state index in [-0.39, 0.29) is 23.3 Å². The Hall–Kier alpha value is -2.88. The lowest BCUT2D eigenvalue weighted by molar-refractivity contribution is 0.133. The maximum Gasteiger partial charge on any atom is 0.282 e. The van der Waals surface area contributed by atoms with E-state index < -0.39 is 6.43 Å². The minimum absolute atomic E-state index is 0.0535. The second kappa shape index (κ2) is 6.93. The van der Waals surface area contributed by atoms with Crippen LogP contribution in [0.4, 0.5) is 8.78 Å². The first-order chi connectivity index (χ1) is 13.7. The lowest BCUT2D eigenvalue weighted by Crippen LogP contribution is -2.30. The molecule has 0 aliphatic carbocycles. The molecule has 1 aromatic carbocycles. The van der Waals surface area contributed by atoms with Crippen LogP contribution in [0.25, 0.3) is 23.0 Å². The van der Waals surface area contributed by atoms with Crippen LogP contribution in [-0.2, 0) is 6.42 Å². The summed E-state index contributed by atoms with van der Waals surface area (Å²) in [5, 5.41) is 15.1. The number of hydrogen-bond donors (Lipinski definition) is 1. The average Bonchev–Trinajstić information content (AvgIpc) is 3.45. The molecule has 2 aliphatic heterocycles. The summed E-state index contributed by atoms with van der Waals surface area (Å²) < 4.78 is 39.7. The molecule has 8 nitrogen and oxygen atoms in total. The van der Waals surface area contributed by atoms with Gasteiger partial charge in [-0.3, -0.25) is 0 Å². The summed E-state index contributed by atoms with van der Waals surface area (Å²) in [5.41, 5.74) is 1.47. The van der Waals surface area contributed by atoms with Crippen LogP contribution >= 0.6 is 0 Å². The third-order valence-electron chi connectivity index (χ3n) is 5.17. The summed E-state index contributed by atoms with van der Waals surface area (Å²) in [6.45, 7) is 2.17. The number of benzene rings is 1. The van der Waals surface area contributed by atoms with E-state index in [4.69, 9.17) is 9.26 Å². The van der Waals surface area contributed by atoms with Gasteiger partial charge in [-0.15, -0.1) is 5.10 Å². The maximum atomic E-state index is 13.8. The fourth-order valence-electron chi connectivity index (χ4n) is 3.74. The van der Waals surface area contributed by atoms with E-state index in [1.807, 2.05) is 18.2 Å². The number of ether oxygens (including phenoxy) is 1. The standard InChI is InChI=1S/C18H18F2N6O2/c19-16(20)15-14(23-25-26(15)12-3-6-21-7-4-12)18-22-17(24-28-18)11-1-2-13-10(9-11)5-8-27-13/h1-2,9,12,16,21H,3-8H2. The molecule has 0 bridgehead atoms. The lowest BCUT2D eigenvalue weighted by Gasteiger charge is -2.23. The zero-order valence-electron chi connectivity index (χ0n) is 14.9. The molecule has 146 valence electrons. The molecule has 0 amide bonds. The normalized spacial score (nSPS) is 17.1. The number of nitrogens with zero attached hydrogens (tertiary/aromatic N) is 5. The third kappa shape index (κ3) is 2.93. The third-order valence-corrected chi connectivity index (χ3v) is 5.17. The Morgan fingerprint density at radius 3 is 2.89 bits per heavy atom. The Balaban J connectivity index is 1.49. The van der Waals surface area contributed by atoms with Gasteiger partial charge in [-0.1, -0.05) is 10.4 Å². The van der Waals surface area contributed by atoms with Gasteiger partial charge in [0, 0.05) is 12.0 Å². The molecule has 3 aromatic rings. The SMILES string of the molecule is FC(F)c1c(-c2nc(-c3ccc4c(c3)CCO4)no2)nnn1C1CCNCC1. The molecule has 5 rings (SSSR count). The van der Waals surface area contributed by atoms with Crippen LogP contribution in [0.1, 0.15) is 36.6 Å². The van der Waals surface area contributed by atoms with Crippen LogP contribution in [0.5, 0.6) is 5.75 Å². The second-order valence-corrected chi connectivity index (χ2v) is 6.89. The van der Waals surface area contributed by atoms with Crippen LogP contribution in [0.3, 0.4) is 0 Å². The Bertz CT molecular complexity index is 996. The van der Waals surface area contributed by atoms with Gasteiger partial charge in [0.05, 0.1) is 12.6 Å².